The van der Waals surface area contributed by atoms with E-state index in [-0.39, 0.29) is 5.69 Å². The second-order valence-corrected chi connectivity index (χ2v) is 5.14. The molecule has 0 bridgehead atoms. The van der Waals surface area contributed by atoms with Crippen molar-refractivity contribution in [2.75, 3.05) is 12.4 Å². The van der Waals surface area contributed by atoms with E-state index >= 15 is 0 Å². The van der Waals surface area contributed by atoms with Crippen LogP contribution in [0, 0.1) is 17.0 Å². The monoisotopic (exact) mass is 336 g/mol. The van der Waals surface area contributed by atoms with Gasteiger partial charge in [-0.15, -0.1) is 0 Å². The molecule has 0 spiro atoms. The topological polar surface area (TPSA) is 64.4 Å². The summed E-state index contributed by atoms with van der Waals surface area (Å²) >= 11 is 3.23. The lowest BCUT2D eigenvalue weighted by Crippen LogP contribution is -1.97. The second kappa shape index (κ2) is 5.92. The number of methoxy groups -OCH3 is 1. The number of hydrogen-bond donors (Lipinski definition) is 1. The SMILES string of the molecule is COc1ccc(Nc2ccc(Br)cc2[N+](=O)[O-])cc1C. The maximum absolute atomic E-state index is 11.1. The Bertz CT molecular complexity index is 659. The van der Waals surface area contributed by atoms with E-state index in [1.165, 1.54) is 6.07 Å². The number of halogens is 1. The number of rotatable bonds is 4. The Morgan fingerprint density at radius 1 is 1.25 bits per heavy atom. The van der Waals surface area contributed by atoms with Crippen LogP contribution in [0.3, 0.4) is 0 Å². The van der Waals surface area contributed by atoms with Crippen LogP contribution < -0.4 is 10.1 Å². The number of nitro groups is 1. The van der Waals surface area contributed by atoms with E-state index in [0.29, 0.717) is 10.2 Å². The fourth-order valence-corrected chi connectivity index (χ4v) is 2.22. The van der Waals surface area contributed by atoms with Crippen LogP contribution in [0.15, 0.2) is 40.9 Å². The number of nitro benzene ring substituents is 1. The van der Waals surface area contributed by atoms with Crippen LogP contribution in [0.25, 0.3) is 0 Å². The predicted molar refractivity (Wildman–Crippen MR) is 81.8 cm³/mol. The molecule has 0 aliphatic rings. The van der Waals surface area contributed by atoms with Gasteiger partial charge >= 0.3 is 0 Å². The number of anilines is 2. The molecule has 0 atom stereocenters. The van der Waals surface area contributed by atoms with Crippen LogP contribution in [-0.2, 0) is 0 Å². The summed E-state index contributed by atoms with van der Waals surface area (Å²) in [4.78, 5) is 10.6. The molecule has 0 unspecified atom stereocenters. The number of nitrogens with one attached hydrogen (secondary N) is 1. The Hall–Kier alpha value is -2.08. The van der Waals surface area contributed by atoms with Crippen molar-refractivity contribution in [3.8, 4) is 5.75 Å². The van der Waals surface area contributed by atoms with Gasteiger partial charge < -0.3 is 10.1 Å². The average Bonchev–Trinajstić information content (AvgIpc) is 2.41. The quantitative estimate of drug-likeness (QED) is 0.663. The molecule has 0 saturated carbocycles. The van der Waals surface area contributed by atoms with Gasteiger partial charge in [0.25, 0.3) is 5.69 Å². The van der Waals surface area contributed by atoms with Gasteiger partial charge in [0.2, 0.25) is 0 Å². The van der Waals surface area contributed by atoms with Gasteiger partial charge in [-0.05, 0) is 42.8 Å². The lowest BCUT2D eigenvalue weighted by atomic mass is 10.2. The van der Waals surface area contributed by atoms with E-state index in [4.69, 9.17) is 4.74 Å². The molecule has 20 heavy (non-hydrogen) atoms. The minimum atomic E-state index is -0.413. The van der Waals surface area contributed by atoms with E-state index in [2.05, 4.69) is 21.2 Å². The third-order valence-corrected chi connectivity index (χ3v) is 3.32. The average molecular weight is 337 g/mol. The third kappa shape index (κ3) is 3.08. The van der Waals surface area contributed by atoms with Crippen molar-refractivity contribution in [2.45, 2.75) is 6.92 Å². The van der Waals surface area contributed by atoms with Gasteiger partial charge in [-0.3, -0.25) is 10.1 Å². The molecule has 104 valence electrons. The van der Waals surface area contributed by atoms with Gasteiger partial charge in [-0.25, -0.2) is 0 Å². The standard InChI is InChI=1S/C14H13BrN2O3/c1-9-7-11(4-6-14(9)20-2)16-12-5-3-10(15)8-13(12)17(18)19/h3-8,16H,1-2H3. The summed E-state index contributed by atoms with van der Waals surface area (Å²) in [5, 5.41) is 14.1. The van der Waals surface area contributed by atoms with Crippen molar-refractivity contribution in [3.63, 3.8) is 0 Å². The summed E-state index contributed by atoms with van der Waals surface area (Å²) in [6.07, 6.45) is 0. The summed E-state index contributed by atoms with van der Waals surface area (Å²) in [6.45, 7) is 1.92. The summed E-state index contributed by atoms with van der Waals surface area (Å²) in [5.41, 5.74) is 2.20. The summed E-state index contributed by atoms with van der Waals surface area (Å²) in [7, 11) is 1.61. The zero-order valence-corrected chi connectivity index (χ0v) is 12.6. The van der Waals surface area contributed by atoms with Crippen LogP contribution in [-0.4, -0.2) is 12.0 Å². The van der Waals surface area contributed by atoms with Gasteiger partial charge in [-0.1, -0.05) is 15.9 Å². The molecule has 0 fully saturated rings. The van der Waals surface area contributed by atoms with Crippen molar-refractivity contribution in [1.29, 1.82) is 0 Å². The lowest BCUT2D eigenvalue weighted by molar-refractivity contribution is -0.384. The van der Waals surface area contributed by atoms with Gasteiger partial charge in [0, 0.05) is 16.2 Å². The first-order valence-electron chi connectivity index (χ1n) is 5.87. The number of ether oxygens (including phenoxy) is 1. The number of benzene rings is 2. The highest BCUT2D eigenvalue weighted by molar-refractivity contribution is 9.10. The molecule has 1 N–H and O–H groups in total. The molecule has 6 heteroatoms. The van der Waals surface area contributed by atoms with Crippen LogP contribution in [0.1, 0.15) is 5.56 Å². The first kappa shape index (κ1) is 14.3. The predicted octanol–water partition coefficient (Wildman–Crippen LogP) is 4.42. The molecule has 0 radical (unpaired) electrons. The van der Waals surface area contributed by atoms with E-state index in [1.807, 2.05) is 25.1 Å². The van der Waals surface area contributed by atoms with Crippen LogP contribution in [0.4, 0.5) is 17.1 Å². The van der Waals surface area contributed by atoms with Gasteiger partial charge in [-0.2, -0.15) is 0 Å². The van der Waals surface area contributed by atoms with Gasteiger partial charge in [0.05, 0.1) is 12.0 Å². The van der Waals surface area contributed by atoms with Gasteiger partial charge in [0.1, 0.15) is 11.4 Å². The van der Waals surface area contributed by atoms with Gasteiger partial charge in [0.15, 0.2) is 0 Å². The van der Waals surface area contributed by atoms with Crippen molar-refractivity contribution in [3.05, 3.63) is 56.5 Å². The molecule has 0 aliphatic heterocycles. The van der Waals surface area contributed by atoms with Crippen molar-refractivity contribution in [1.82, 2.24) is 0 Å². The molecular weight excluding hydrogens is 324 g/mol. The van der Waals surface area contributed by atoms with Crippen LogP contribution in [0.2, 0.25) is 0 Å². The maximum atomic E-state index is 11.1. The molecule has 0 saturated heterocycles. The lowest BCUT2D eigenvalue weighted by Gasteiger charge is -2.10. The Morgan fingerprint density at radius 2 is 2.00 bits per heavy atom. The highest BCUT2D eigenvalue weighted by Crippen LogP contribution is 2.31. The molecule has 5 nitrogen and oxygen atoms in total. The number of aryl methyl sites for hydroxylation is 1. The molecular formula is C14H13BrN2O3. The summed E-state index contributed by atoms with van der Waals surface area (Å²) < 4.78 is 5.85. The fourth-order valence-electron chi connectivity index (χ4n) is 1.87. The van der Waals surface area contributed by atoms with E-state index in [0.717, 1.165) is 17.0 Å². The van der Waals surface area contributed by atoms with Crippen molar-refractivity contribution in [2.24, 2.45) is 0 Å². The summed E-state index contributed by atoms with van der Waals surface area (Å²) in [5.74, 6) is 0.779. The fraction of sp³-hybridized carbons (Fsp3) is 0.143. The Labute approximate surface area is 124 Å². The molecule has 0 heterocycles. The van der Waals surface area contributed by atoms with Crippen LogP contribution in [0.5, 0.6) is 5.75 Å². The van der Waals surface area contributed by atoms with Crippen molar-refractivity contribution < 1.29 is 9.66 Å². The summed E-state index contributed by atoms with van der Waals surface area (Å²) in [6, 6.07) is 10.4. The van der Waals surface area contributed by atoms with E-state index in [9.17, 15) is 10.1 Å². The molecule has 0 aliphatic carbocycles. The normalized spacial score (nSPS) is 10.2. The van der Waals surface area contributed by atoms with E-state index < -0.39 is 4.92 Å². The molecule has 2 aromatic rings. The molecule has 2 rings (SSSR count). The van der Waals surface area contributed by atoms with E-state index in [1.54, 1.807) is 19.2 Å². The molecule has 0 amide bonds. The zero-order chi connectivity index (χ0) is 14.7. The van der Waals surface area contributed by atoms with Crippen LogP contribution >= 0.6 is 15.9 Å². The third-order valence-electron chi connectivity index (χ3n) is 2.83. The number of hydrogen-bond acceptors (Lipinski definition) is 4. The first-order valence-corrected chi connectivity index (χ1v) is 6.66. The minimum Gasteiger partial charge on any atom is -0.496 e. The minimum absolute atomic E-state index is 0.0212. The maximum Gasteiger partial charge on any atom is 0.293 e. The molecule has 2 aromatic carbocycles. The zero-order valence-electron chi connectivity index (χ0n) is 11.0. The largest absolute Gasteiger partial charge is 0.496 e. The molecule has 0 aromatic heterocycles. The Balaban J connectivity index is 2.35. The highest BCUT2D eigenvalue weighted by Gasteiger charge is 2.14. The first-order chi connectivity index (χ1) is 9.51. The number of nitrogens with zero attached hydrogens (tertiary/aromatic N) is 1. The highest BCUT2D eigenvalue weighted by atomic mass is 79.9. The second-order valence-electron chi connectivity index (χ2n) is 4.23. The van der Waals surface area contributed by atoms with Crippen molar-refractivity contribution >= 4 is 33.0 Å². The Morgan fingerprint density at radius 3 is 2.60 bits per heavy atom. The Kier molecular flexibility index (Phi) is 4.24. The smallest absolute Gasteiger partial charge is 0.293 e.